The Balaban J connectivity index is 2.45. The smallest absolute Gasteiger partial charge is 0.338 e. The zero-order valence-corrected chi connectivity index (χ0v) is 15.4. The monoisotopic (exact) mass is 369 g/mol. The molecule has 1 fully saturated rings. The minimum absolute atomic E-state index is 0.192. The highest BCUT2D eigenvalue weighted by Crippen LogP contribution is 2.24. The molecule has 1 aliphatic heterocycles. The summed E-state index contributed by atoms with van der Waals surface area (Å²) >= 11 is 0. The molecule has 0 aromatic heterocycles. The van der Waals surface area contributed by atoms with Crippen molar-refractivity contribution in [2.24, 2.45) is 11.0 Å². The summed E-state index contributed by atoms with van der Waals surface area (Å²) in [5.74, 6) is -1.16. The van der Waals surface area contributed by atoms with E-state index in [1.165, 1.54) is 0 Å². The fourth-order valence-corrected chi connectivity index (χ4v) is 2.36. The summed E-state index contributed by atoms with van der Waals surface area (Å²) in [7, 11) is 0. The third kappa shape index (κ3) is 7.71. The molecular formula is C16H27N5O5. The molecule has 0 spiro atoms. The summed E-state index contributed by atoms with van der Waals surface area (Å²) in [5, 5.41) is 8.83. The number of epoxide rings is 1. The van der Waals surface area contributed by atoms with Gasteiger partial charge in [-0.3, -0.25) is 9.59 Å². The molecular weight excluding hydrogens is 342 g/mol. The molecule has 0 radical (unpaired) electrons. The van der Waals surface area contributed by atoms with E-state index in [9.17, 15) is 14.4 Å². The number of rotatable bonds is 12. The summed E-state index contributed by atoms with van der Waals surface area (Å²) in [5.41, 5.74) is 8.19. The van der Waals surface area contributed by atoms with Crippen molar-refractivity contribution in [3.8, 4) is 0 Å². The van der Waals surface area contributed by atoms with Crippen LogP contribution in [0.15, 0.2) is 5.11 Å². The van der Waals surface area contributed by atoms with Crippen molar-refractivity contribution < 1.29 is 23.9 Å². The molecule has 3 atom stereocenters. The van der Waals surface area contributed by atoms with Gasteiger partial charge in [0, 0.05) is 18.0 Å². The van der Waals surface area contributed by atoms with Crippen LogP contribution in [-0.4, -0.2) is 55.7 Å². The van der Waals surface area contributed by atoms with Crippen LogP contribution in [0.3, 0.4) is 0 Å². The number of ether oxygens (including phenoxy) is 2. The molecule has 0 aliphatic carbocycles. The summed E-state index contributed by atoms with van der Waals surface area (Å²) in [6.45, 7) is 6.58. The Morgan fingerprint density at radius 1 is 1.27 bits per heavy atom. The van der Waals surface area contributed by atoms with Crippen LogP contribution in [0.1, 0.15) is 40.0 Å². The Kier molecular flexibility index (Phi) is 9.46. The first-order valence-electron chi connectivity index (χ1n) is 8.81. The summed E-state index contributed by atoms with van der Waals surface area (Å²) in [6, 6.07) is -0.702. The van der Waals surface area contributed by atoms with Gasteiger partial charge in [-0.25, -0.2) is 4.79 Å². The van der Waals surface area contributed by atoms with Crippen LogP contribution >= 0.6 is 0 Å². The third-order valence-electron chi connectivity index (χ3n) is 3.66. The fourth-order valence-electron chi connectivity index (χ4n) is 2.36. The van der Waals surface area contributed by atoms with Gasteiger partial charge in [-0.2, -0.15) is 0 Å². The van der Waals surface area contributed by atoms with Gasteiger partial charge in [-0.1, -0.05) is 19.0 Å². The Morgan fingerprint density at radius 2 is 2.00 bits per heavy atom. The summed E-state index contributed by atoms with van der Waals surface area (Å²) in [4.78, 5) is 38.7. The Bertz CT molecular complexity index is 547. The number of nitrogens with zero attached hydrogens (tertiary/aromatic N) is 3. The Morgan fingerprint density at radius 3 is 2.62 bits per heavy atom. The van der Waals surface area contributed by atoms with Gasteiger partial charge in [0.25, 0.3) is 5.91 Å². The lowest BCUT2D eigenvalue weighted by Crippen LogP contribution is -2.49. The first-order chi connectivity index (χ1) is 12.4. The molecule has 26 heavy (non-hydrogen) atoms. The molecule has 2 N–H and O–H groups in total. The zero-order valence-electron chi connectivity index (χ0n) is 15.4. The molecule has 0 aromatic carbocycles. The number of nitrogens with one attached hydrogen (secondary N) is 2. The van der Waals surface area contributed by atoms with E-state index in [4.69, 9.17) is 15.0 Å². The first-order valence-corrected chi connectivity index (χ1v) is 8.81. The standard InChI is InChI=1S/C16H27N5O5/c1-4-25-16(24)13-12(26-13)15(23)20-11(9-10(2)3)14(22)18-7-5-6-8-19-21-17/h10-13H,4-9H2,1-3H3,(H,18,22)(H,20,23). The van der Waals surface area contributed by atoms with Gasteiger partial charge in [0.05, 0.1) is 6.61 Å². The highest BCUT2D eigenvalue weighted by molar-refractivity contribution is 5.95. The van der Waals surface area contributed by atoms with E-state index in [0.29, 0.717) is 32.4 Å². The van der Waals surface area contributed by atoms with Crippen LogP contribution in [0.2, 0.25) is 0 Å². The lowest BCUT2D eigenvalue weighted by atomic mass is 10.0. The molecule has 10 nitrogen and oxygen atoms in total. The molecule has 0 bridgehead atoms. The van der Waals surface area contributed by atoms with Gasteiger partial charge in [0.1, 0.15) is 6.04 Å². The van der Waals surface area contributed by atoms with E-state index in [2.05, 4.69) is 20.7 Å². The largest absolute Gasteiger partial charge is 0.464 e. The van der Waals surface area contributed by atoms with E-state index < -0.39 is 30.1 Å². The van der Waals surface area contributed by atoms with Crippen molar-refractivity contribution in [1.29, 1.82) is 0 Å². The highest BCUT2D eigenvalue weighted by Gasteiger charge is 2.52. The maximum absolute atomic E-state index is 12.3. The fraction of sp³-hybridized carbons (Fsp3) is 0.812. The van der Waals surface area contributed by atoms with Crippen molar-refractivity contribution in [1.82, 2.24) is 10.6 Å². The van der Waals surface area contributed by atoms with Gasteiger partial charge in [0.2, 0.25) is 5.91 Å². The maximum Gasteiger partial charge on any atom is 0.338 e. The second-order valence-corrected chi connectivity index (χ2v) is 6.37. The van der Waals surface area contributed by atoms with Crippen molar-refractivity contribution >= 4 is 17.8 Å². The minimum Gasteiger partial charge on any atom is -0.464 e. The van der Waals surface area contributed by atoms with E-state index >= 15 is 0 Å². The lowest BCUT2D eigenvalue weighted by Gasteiger charge is -2.19. The number of carbonyl (C=O) groups is 3. The summed E-state index contributed by atoms with van der Waals surface area (Å²) in [6.07, 6.45) is 0.0123. The molecule has 2 amide bonds. The van der Waals surface area contributed by atoms with E-state index in [-0.39, 0.29) is 18.4 Å². The van der Waals surface area contributed by atoms with E-state index in [1.807, 2.05) is 13.8 Å². The summed E-state index contributed by atoms with van der Waals surface area (Å²) < 4.78 is 9.86. The molecule has 3 unspecified atom stereocenters. The maximum atomic E-state index is 12.3. The third-order valence-corrected chi connectivity index (χ3v) is 3.66. The predicted molar refractivity (Wildman–Crippen MR) is 92.9 cm³/mol. The van der Waals surface area contributed by atoms with Gasteiger partial charge in [0.15, 0.2) is 12.2 Å². The Hall–Kier alpha value is -2.32. The molecule has 0 saturated carbocycles. The van der Waals surface area contributed by atoms with Gasteiger partial charge < -0.3 is 20.1 Å². The van der Waals surface area contributed by atoms with Gasteiger partial charge in [-0.15, -0.1) is 0 Å². The average molecular weight is 369 g/mol. The molecule has 1 rings (SSSR count). The van der Waals surface area contributed by atoms with Crippen LogP contribution in [0.5, 0.6) is 0 Å². The van der Waals surface area contributed by atoms with Gasteiger partial charge >= 0.3 is 5.97 Å². The predicted octanol–water partition coefficient (Wildman–Crippen LogP) is 1.05. The molecule has 1 heterocycles. The Labute approximate surface area is 152 Å². The second kappa shape index (κ2) is 11.3. The number of amides is 2. The number of hydrogen-bond acceptors (Lipinski definition) is 6. The van der Waals surface area contributed by atoms with Crippen LogP contribution < -0.4 is 10.6 Å². The van der Waals surface area contributed by atoms with E-state index in [1.54, 1.807) is 6.92 Å². The molecule has 1 aliphatic rings. The zero-order chi connectivity index (χ0) is 19.5. The van der Waals surface area contributed by atoms with Crippen molar-refractivity contribution in [2.45, 2.75) is 58.3 Å². The SMILES string of the molecule is CCOC(=O)C1OC1C(=O)NC(CC(C)C)C(=O)NCCCCN=[N+]=[N-]. The highest BCUT2D eigenvalue weighted by atomic mass is 16.6. The number of azide groups is 1. The van der Waals surface area contributed by atoms with Crippen molar-refractivity contribution in [3.63, 3.8) is 0 Å². The molecule has 1 saturated heterocycles. The second-order valence-electron chi connectivity index (χ2n) is 6.37. The van der Waals surface area contributed by atoms with Crippen LogP contribution in [-0.2, 0) is 23.9 Å². The lowest BCUT2D eigenvalue weighted by molar-refractivity contribution is -0.144. The van der Waals surface area contributed by atoms with Crippen LogP contribution in [0.25, 0.3) is 10.4 Å². The topological polar surface area (TPSA) is 146 Å². The van der Waals surface area contributed by atoms with Crippen LogP contribution in [0.4, 0.5) is 0 Å². The van der Waals surface area contributed by atoms with Gasteiger partial charge in [-0.05, 0) is 37.6 Å². The molecule has 146 valence electrons. The molecule has 0 aromatic rings. The quantitative estimate of drug-likeness (QED) is 0.132. The van der Waals surface area contributed by atoms with Crippen molar-refractivity contribution in [2.75, 3.05) is 19.7 Å². The number of esters is 1. The van der Waals surface area contributed by atoms with Crippen molar-refractivity contribution in [3.05, 3.63) is 10.4 Å². The van der Waals surface area contributed by atoms with Crippen LogP contribution in [0, 0.1) is 5.92 Å². The number of unbranched alkanes of at least 4 members (excludes halogenated alkanes) is 1. The normalized spacial score (nSPS) is 19.2. The minimum atomic E-state index is -0.902. The molecule has 10 heteroatoms. The van der Waals surface area contributed by atoms with E-state index in [0.717, 1.165) is 0 Å². The average Bonchev–Trinajstić information content (AvgIpc) is 3.38. The number of carbonyl (C=O) groups excluding carboxylic acids is 3. The number of hydrogen-bond donors (Lipinski definition) is 2. The first kappa shape index (κ1) is 21.7.